The van der Waals surface area contributed by atoms with Crippen LogP contribution in [0.5, 0.6) is 5.75 Å². The molecule has 0 aliphatic heterocycles. The predicted molar refractivity (Wildman–Crippen MR) is 116 cm³/mol. The van der Waals surface area contributed by atoms with Crippen LogP contribution in [0.2, 0.25) is 5.02 Å². The van der Waals surface area contributed by atoms with E-state index in [0.717, 1.165) is 45.3 Å². The molecular formula is C23H21ClFNO3S. The summed E-state index contributed by atoms with van der Waals surface area (Å²) in [5.74, 6) is 0.112. The number of rotatable bonds is 6. The SMILES string of the molecule is CC(=O)OC1CCc2cc(OCCc3nc(-c4ccc(F)c(Cl)c4)sc3C)ccc21. The molecule has 0 saturated carbocycles. The summed E-state index contributed by atoms with van der Waals surface area (Å²) in [7, 11) is 0. The molecule has 156 valence electrons. The molecule has 1 heterocycles. The third kappa shape index (κ3) is 4.50. The van der Waals surface area contributed by atoms with Crippen molar-refractivity contribution in [1.82, 2.24) is 4.98 Å². The van der Waals surface area contributed by atoms with Gasteiger partial charge in [-0.25, -0.2) is 9.37 Å². The Hall–Kier alpha value is -2.44. The summed E-state index contributed by atoms with van der Waals surface area (Å²) in [6, 6.07) is 10.6. The molecule has 2 aromatic carbocycles. The maximum Gasteiger partial charge on any atom is 0.303 e. The van der Waals surface area contributed by atoms with Gasteiger partial charge in [0.1, 0.15) is 22.7 Å². The van der Waals surface area contributed by atoms with Crippen LogP contribution in [-0.2, 0) is 22.4 Å². The van der Waals surface area contributed by atoms with Gasteiger partial charge in [0.05, 0.1) is 17.3 Å². The number of ether oxygens (including phenoxy) is 2. The van der Waals surface area contributed by atoms with E-state index in [9.17, 15) is 9.18 Å². The van der Waals surface area contributed by atoms with Crippen molar-refractivity contribution in [2.45, 2.75) is 39.2 Å². The first kappa shape index (κ1) is 20.8. The van der Waals surface area contributed by atoms with Crippen molar-refractivity contribution in [3.8, 4) is 16.3 Å². The van der Waals surface area contributed by atoms with E-state index in [1.54, 1.807) is 23.5 Å². The Kier molecular flexibility index (Phi) is 6.06. The number of esters is 1. The van der Waals surface area contributed by atoms with Crippen LogP contribution in [0, 0.1) is 12.7 Å². The zero-order valence-electron chi connectivity index (χ0n) is 16.7. The van der Waals surface area contributed by atoms with Gasteiger partial charge in [0.15, 0.2) is 0 Å². The van der Waals surface area contributed by atoms with Gasteiger partial charge in [-0.15, -0.1) is 11.3 Å². The fourth-order valence-corrected chi connectivity index (χ4v) is 4.78. The summed E-state index contributed by atoms with van der Waals surface area (Å²) in [4.78, 5) is 17.0. The number of aryl methyl sites for hydroxylation is 2. The van der Waals surface area contributed by atoms with Crippen molar-refractivity contribution in [3.05, 3.63) is 68.9 Å². The molecule has 1 unspecified atom stereocenters. The van der Waals surface area contributed by atoms with Gasteiger partial charge in [0.2, 0.25) is 0 Å². The number of carbonyl (C=O) groups excluding carboxylic acids is 1. The Morgan fingerprint density at radius 3 is 2.90 bits per heavy atom. The van der Waals surface area contributed by atoms with Gasteiger partial charge in [-0.3, -0.25) is 4.79 Å². The van der Waals surface area contributed by atoms with E-state index in [4.69, 9.17) is 21.1 Å². The molecule has 0 bridgehead atoms. The molecule has 1 aromatic heterocycles. The molecule has 0 spiro atoms. The lowest BCUT2D eigenvalue weighted by Crippen LogP contribution is -2.05. The highest BCUT2D eigenvalue weighted by Gasteiger charge is 2.25. The Morgan fingerprint density at radius 1 is 1.30 bits per heavy atom. The second kappa shape index (κ2) is 8.74. The molecule has 0 saturated heterocycles. The van der Waals surface area contributed by atoms with E-state index in [1.165, 1.54) is 18.6 Å². The van der Waals surface area contributed by atoms with Gasteiger partial charge < -0.3 is 9.47 Å². The lowest BCUT2D eigenvalue weighted by Gasteiger charge is -2.12. The molecule has 0 amide bonds. The minimum absolute atomic E-state index is 0.0952. The summed E-state index contributed by atoms with van der Waals surface area (Å²) in [5, 5.41) is 0.913. The first-order valence-electron chi connectivity index (χ1n) is 9.75. The van der Waals surface area contributed by atoms with Crippen LogP contribution in [0.1, 0.15) is 41.1 Å². The third-order valence-corrected chi connectivity index (χ3v) is 6.46. The number of fused-ring (bicyclic) bond motifs is 1. The number of benzene rings is 2. The quantitative estimate of drug-likeness (QED) is 0.431. The van der Waals surface area contributed by atoms with Crippen LogP contribution in [0.3, 0.4) is 0 Å². The van der Waals surface area contributed by atoms with E-state index in [-0.39, 0.29) is 17.1 Å². The number of halogens is 2. The average Bonchev–Trinajstić information content (AvgIpc) is 3.27. The van der Waals surface area contributed by atoms with Crippen molar-refractivity contribution in [2.75, 3.05) is 6.61 Å². The lowest BCUT2D eigenvalue weighted by molar-refractivity contribution is -0.146. The number of thiazole rings is 1. The molecule has 0 fully saturated rings. The molecule has 4 nitrogen and oxygen atoms in total. The zero-order valence-corrected chi connectivity index (χ0v) is 18.3. The first-order valence-corrected chi connectivity index (χ1v) is 10.9. The van der Waals surface area contributed by atoms with Crippen LogP contribution in [0.15, 0.2) is 36.4 Å². The van der Waals surface area contributed by atoms with Gasteiger partial charge in [0, 0.05) is 23.8 Å². The second-order valence-electron chi connectivity index (χ2n) is 7.25. The largest absolute Gasteiger partial charge is 0.493 e. The van der Waals surface area contributed by atoms with Crippen LogP contribution >= 0.6 is 22.9 Å². The van der Waals surface area contributed by atoms with E-state index in [2.05, 4.69) is 4.98 Å². The van der Waals surface area contributed by atoms with Crippen molar-refractivity contribution in [3.63, 3.8) is 0 Å². The first-order chi connectivity index (χ1) is 14.4. The lowest BCUT2D eigenvalue weighted by atomic mass is 10.1. The smallest absolute Gasteiger partial charge is 0.303 e. The van der Waals surface area contributed by atoms with E-state index in [1.807, 2.05) is 25.1 Å². The van der Waals surface area contributed by atoms with Gasteiger partial charge in [-0.2, -0.15) is 0 Å². The Labute approximate surface area is 183 Å². The normalized spacial score (nSPS) is 15.1. The summed E-state index contributed by atoms with van der Waals surface area (Å²) in [6.07, 6.45) is 2.21. The average molecular weight is 446 g/mol. The summed E-state index contributed by atoms with van der Waals surface area (Å²) in [6.45, 7) is 3.96. The highest BCUT2D eigenvalue weighted by molar-refractivity contribution is 7.15. The third-order valence-electron chi connectivity index (χ3n) is 5.11. The van der Waals surface area contributed by atoms with Gasteiger partial charge >= 0.3 is 5.97 Å². The highest BCUT2D eigenvalue weighted by Crippen LogP contribution is 2.36. The molecular weight excluding hydrogens is 425 g/mol. The van der Waals surface area contributed by atoms with E-state index in [0.29, 0.717) is 13.0 Å². The predicted octanol–water partition coefficient (Wildman–Crippen LogP) is 6.08. The molecule has 1 atom stereocenters. The minimum Gasteiger partial charge on any atom is -0.493 e. The maximum absolute atomic E-state index is 13.4. The Bertz CT molecular complexity index is 1100. The molecule has 4 rings (SSSR count). The van der Waals surface area contributed by atoms with Gasteiger partial charge in [-0.1, -0.05) is 17.7 Å². The highest BCUT2D eigenvalue weighted by atomic mass is 35.5. The number of hydrogen-bond acceptors (Lipinski definition) is 5. The molecule has 0 N–H and O–H groups in total. The van der Waals surface area contributed by atoms with Crippen molar-refractivity contribution in [2.24, 2.45) is 0 Å². The van der Waals surface area contributed by atoms with Crippen LogP contribution in [-0.4, -0.2) is 17.6 Å². The minimum atomic E-state index is -0.434. The van der Waals surface area contributed by atoms with Crippen molar-refractivity contribution < 1.29 is 18.7 Å². The maximum atomic E-state index is 13.4. The van der Waals surface area contributed by atoms with E-state index < -0.39 is 5.82 Å². The standard InChI is InChI=1S/C23H21ClFNO3S/c1-13-21(26-23(30-13)16-3-7-20(25)19(24)12-16)9-10-28-17-5-6-18-15(11-17)4-8-22(18)29-14(2)27/h3,5-7,11-12,22H,4,8-10H2,1-2H3. The Morgan fingerprint density at radius 2 is 2.13 bits per heavy atom. The van der Waals surface area contributed by atoms with Crippen molar-refractivity contribution in [1.29, 1.82) is 0 Å². The second-order valence-corrected chi connectivity index (χ2v) is 8.86. The Balaban J connectivity index is 1.39. The molecule has 7 heteroatoms. The number of nitrogens with zero attached hydrogens (tertiary/aromatic N) is 1. The monoisotopic (exact) mass is 445 g/mol. The molecule has 1 aliphatic rings. The molecule has 0 radical (unpaired) electrons. The zero-order chi connectivity index (χ0) is 21.3. The topological polar surface area (TPSA) is 48.4 Å². The molecule has 1 aliphatic carbocycles. The summed E-state index contributed by atoms with van der Waals surface area (Å²) < 4.78 is 24.7. The van der Waals surface area contributed by atoms with Crippen LogP contribution < -0.4 is 4.74 Å². The fraction of sp³-hybridized carbons (Fsp3) is 0.304. The van der Waals surface area contributed by atoms with Crippen LogP contribution in [0.4, 0.5) is 4.39 Å². The number of carbonyl (C=O) groups is 1. The molecule has 30 heavy (non-hydrogen) atoms. The number of aromatic nitrogens is 1. The summed E-state index contributed by atoms with van der Waals surface area (Å²) >= 11 is 7.45. The number of hydrogen-bond donors (Lipinski definition) is 0. The molecule has 3 aromatic rings. The fourth-order valence-electron chi connectivity index (χ4n) is 3.65. The summed E-state index contributed by atoms with van der Waals surface area (Å²) in [5.41, 5.74) is 4.00. The van der Waals surface area contributed by atoms with Crippen molar-refractivity contribution >= 4 is 28.9 Å². The van der Waals surface area contributed by atoms with Crippen LogP contribution in [0.25, 0.3) is 10.6 Å². The van der Waals surface area contributed by atoms with Gasteiger partial charge in [-0.05, 0) is 61.2 Å². The van der Waals surface area contributed by atoms with Gasteiger partial charge in [0.25, 0.3) is 0 Å². The van der Waals surface area contributed by atoms with E-state index >= 15 is 0 Å².